The summed E-state index contributed by atoms with van der Waals surface area (Å²) in [6.07, 6.45) is 0. The van der Waals surface area contributed by atoms with Crippen molar-refractivity contribution in [3.05, 3.63) is 47.5 Å². The lowest BCUT2D eigenvalue weighted by Gasteiger charge is -2.26. The lowest BCUT2D eigenvalue weighted by atomic mass is 10.3. The highest BCUT2D eigenvalue weighted by Gasteiger charge is 2.30. The maximum atomic E-state index is 13.4. The molecule has 0 fully saturated rings. The van der Waals surface area contributed by atoms with Gasteiger partial charge in [0.25, 0.3) is 10.0 Å². The summed E-state index contributed by atoms with van der Waals surface area (Å²) in [4.78, 5) is 12.3. The Kier molecular flexibility index (Phi) is 6.00. The molecule has 1 aliphatic heterocycles. The van der Waals surface area contributed by atoms with Gasteiger partial charge in [0.1, 0.15) is 19.8 Å². The first-order valence-electron chi connectivity index (χ1n) is 8.75. The van der Waals surface area contributed by atoms with Crippen LogP contribution in [0.2, 0.25) is 5.02 Å². The molecule has 7 nitrogen and oxygen atoms in total. The van der Waals surface area contributed by atoms with E-state index in [2.05, 4.69) is 5.32 Å². The van der Waals surface area contributed by atoms with Gasteiger partial charge in [0, 0.05) is 12.1 Å². The number of para-hydroxylation sites is 1. The molecule has 3 rings (SSSR count). The standard InChI is InChI=1S/C19H21ClN2O5S/c1-13(2)21-19(23)12-22(16-6-4-3-5-15(16)20)28(24,25)14-7-8-17-18(11-14)27-10-9-26-17/h3-8,11,13H,9-10,12H2,1-2H3,(H,21,23). The Balaban J connectivity index is 2.03. The highest BCUT2D eigenvalue weighted by molar-refractivity contribution is 7.92. The van der Waals surface area contributed by atoms with E-state index in [0.29, 0.717) is 24.7 Å². The fraction of sp³-hybridized carbons (Fsp3) is 0.316. The molecule has 1 amide bonds. The molecule has 0 unspecified atom stereocenters. The van der Waals surface area contributed by atoms with Crippen molar-refractivity contribution < 1.29 is 22.7 Å². The summed E-state index contributed by atoms with van der Waals surface area (Å²) in [5.74, 6) is 0.390. The average molecular weight is 425 g/mol. The molecule has 1 N–H and O–H groups in total. The van der Waals surface area contributed by atoms with Crippen LogP contribution in [-0.2, 0) is 14.8 Å². The van der Waals surface area contributed by atoms with Gasteiger partial charge in [-0.25, -0.2) is 8.42 Å². The van der Waals surface area contributed by atoms with Crippen LogP contribution in [-0.4, -0.2) is 40.1 Å². The van der Waals surface area contributed by atoms with Gasteiger partial charge >= 0.3 is 0 Å². The summed E-state index contributed by atoms with van der Waals surface area (Å²) in [5.41, 5.74) is 0.220. The van der Waals surface area contributed by atoms with E-state index in [1.807, 2.05) is 0 Å². The third-order valence-corrected chi connectivity index (χ3v) is 6.03. The molecule has 1 heterocycles. The van der Waals surface area contributed by atoms with E-state index in [-0.39, 0.29) is 21.6 Å². The van der Waals surface area contributed by atoms with Gasteiger partial charge in [-0.05, 0) is 38.1 Å². The van der Waals surface area contributed by atoms with Gasteiger partial charge in [-0.2, -0.15) is 0 Å². The maximum absolute atomic E-state index is 13.4. The highest BCUT2D eigenvalue weighted by atomic mass is 35.5. The minimum absolute atomic E-state index is 0.0194. The van der Waals surface area contributed by atoms with Crippen molar-refractivity contribution in [2.45, 2.75) is 24.8 Å². The summed E-state index contributed by atoms with van der Waals surface area (Å²) in [7, 11) is -4.09. The van der Waals surface area contributed by atoms with Crippen molar-refractivity contribution >= 4 is 33.2 Å². The van der Waals surface area contributed by atoms with Gasteiger partial charge in [0.05, 0.1) is 15.6 Å². The second-order valence-electron chi connectivity index (χ2n) is 6.49. The highest BCUT2D eigenvalue weighted by Crippen LogP contribution is 2.35. The normalized spacial score (nSPS) is 13.3. The first-order valence-corrected chi connectivity index (χ1v) is 10.6. The first kappa shape index (κ1) is 20.3. The van der Waals surface area contributed by atoms with Gasteiger partial charge in [-0.15, -0.1) is 0 Å². The molecule has 0 bridgehead atoms. The van der Waals surface area contributed by atoms with Crippen LogP contribution < -0.4 is 19.1 Å². The summed E-state index contributed by atoms with van der Waals surface area (Å²) < 4.78 is 38.7. The molecule has 0 radical (unpaired) electrons. The van der Waals surface area contributed by atoms with Crippen LogP contribution in [0.3, 0.4) is 0 Å². The third-order valence-electron chi connectivity index (χ3n) is 3.96. The predicted molar refractivity (Wildman–Crippen MR) is 107 cm³/mol. The Morgan fingerprint density at radius 3 is 2.50 bits per heavy atom. The SMILES string of the molecule is CC(C)NC(=O)CN(c1ccccc1Cl)S(=O)(=O)c1ccc2c(c1)OCCO2. The molecule has 0 atom stereocenters. The molecule has 0 saturated carbocycles. The largest absolute Gasteiger partial charge is 0.486 e. The van der Waals surface area contributed by atoms with Gasteiger partial charge in [-0.3, -0.25) is 9.10 Å². The van der Waals surface area contributed by atoms with E-state index in [1.54, 1.807) is 44.2 Å². The Morgan fingerprint density at radius 1 is 1.14 bits per heavy atom. The summed E-state index contributed by atoms with van der Waals surface area (Å²) in [6, 6.07) is 10.7. The van der Waals surface area contributed by atoms with E-state index >= 15 is 0 Å². The monoisotopic (exact) mass is 424 g/mol. The molecule has 28 heavy (non-hydrogen) atoms. The molecule has 2 aromatic rings. The second-order valence-corrected chi connectivity index (χ2v) is 8.76. The van der Waals surface area contributed by atoms with Gasteiger partial charge in [0.15, 0.2) is 11.5 Å². The molecule has 2 aromatic carbocycles. The Hall–Kier alpha value is -2.45. The van der Waals surface area contributed by atoms with E-state index < -0.39 is 22.5 Å². The number of halogens is 1. The van der Waals surface area contributed by atoms with Crippen LogP contribution in [0.4, 0.5) is 5.69 Å². The number of hydrogen-bond donors (Lipinski definition) is 1. The van der Waals surface area contributed by atoms with Crippen LogP contribution in [0.25, 0.3) is 0 Å². The lowest BCUT2D eigenvalue weighted by molar-refractivity contribution is -0.120. The minimum atomic E-state index is -4.09. The second kappa shape index (κ2) is 8.28. The predicted octanol–water partition coefficient (Wildman–Crippen LogP) is 2.83. The lowest BCUT2D eigenvalue weighted by Crippen LogP contribution is -2.43. The van der Waals surface area contributed by atoms with Gasteiger partial charge < -0.3 is 14.8 Å². The molecule has 0 aliphatic carbocycles. The molecule has 0 spiro atoms. The van der Waals surface area contributed by atoms with Gasteiger partial charge in [0.2, 0.25) is 5.91 Å². The van der Waals surface area contributed by atoms with E-state index in [0.717, 1.165) is 4.31 Å². The number of rotatable bonds is 6. The molecule has 1 aliphatic rings. The van der Waals surface area contributed by atoms with Crippen molar-refractivity contribution in [3.63, 3.8) is 0 Å². The zero-order valence-corrected chi connectivity index (χ0v) is 17.1. The van der Waals surface area contributed by atoms with Crippen LogP contribution in [0.5, 0.6) is 11.5 Å². The zero-order chi connectivity index (χ0) is 20.3. The summed E-state index contributed by atoms with van der Waals surface area (Å²) in [6.45, 7) is 3.93. The molecular formula is C19H21ClN2O5S. The zero-order valence-electron chi connectivity index (χ0n) is 15.5. The van der Waals surface area contributed by atoms with E-state index in [9.17, 15) is 13.2 Å². The van der Waals surface area contributed by atoms with E-state index in [4.69, 9.17) is 21.1 Å². The first-order chi connectivity index (χ1) is 13.3. The summed E-state index contributed by atoms with van der Waals surface area (Å²) >= 11 is 6.23. The molecule has 0 saturated heterocycles. The molecular weight excluding hydrogens is 404 g/mol. The number of ether oxygens (including phenoxy) is 2. The molecule has 0 aromatic heterocycles. The summed E-state index contributed by atoms with van der Waals surface area (Å²) in [5, 5.41) is 2.93. The number of amides is 1. The van der Waals surface area contributed by atoms with Crippen LogP contribution in [0.1, 0.15) is 13.8 Å². The van der Waals surface area contributed by atoms with Crippen LogP contribution >= 0.6 is 11.6 Å². The number of carbonyl (C=O) groups excluding carboxylic acids is 1. The quantitative estimate of drug-likeness (QED) is 0.770. The maximum Gasteiger partial charge on any atom is 0.264 e. The average Bonchev–Trinajstić information content (AvgIpc) is 2.65. The number of nitrogens with one attached hydrogen (secondary N) is 1. The van der Waals surface area contributed by atoms with Crippen LogP contribution in [0.15, 0.2) is 47.4 Å². The van der Waals surface area contributed by atoms with E-state index in [1.165, 1.54) is 12.1 Å². The van der Waals surface area contributed by atoms with Crippen molar-refractivity contribution in [2.75, 3.05) is 24.1 Å². The molecule has 150 valence electrons. The smallest absolute Gasteiger partial charge is 0.264 e. The number of nitrogens with zero attached hydrogens (tertiary/aromatic N) is 1. The van der Waals surface area contributed by atoms with Gasteiger partial charge in [-0.1, -0.05) is 23.7 Å². The third kappa shape index (κ3) is 4.34. The number of anilines is 1. The number of sulfonamides is 1. The number of hydrogen-bond acceptors (Lipinski definition) is 5. The van der Waals surface area contributed by atoms with Crippen molar-refractivity contribution in [1.82, 2.24) is 5.32 Å². The fourth-order valence-corrected chi connectivity index (χ4v) is 4.51. The number of carbonyl (C=O) groups is 1. The Morgan fingerprint density at radius 2 is 1.82 bits per heavy atom. The van der Waals surface area contributed by atoms with Crippen molar-refractivity contribution in [2.24, 2.45) is 0 Å². The van der Waals surface area contributed by atoms with Crippen molar-refractivity contribution in [3.8, 4) is 11.5 Å². The number of fused-ring (bicyclic) bond motifs is 1. The topological polar surface area (TPSA) is 84.9 Å². The Labute approximate surface area is 169 Å². The number of benzene rings is 2. The minimum Gasteiger partial charge on any atom is -0.486 e. The Bertz CT molecular complexity index is 978. The van der Waals surface area contributed by atoms with Crippen LogP contribution in [0, 0.1) is 0 Å². The fourth-order valence-electron chi connectivity index (χ4n) is 2.76. The van der Waals surface area contributed by atoms with Crippen molar-refractivity contribution in [1.29, 1.82) is 0 Å². The molecule has 9 heteroatoms.